The molecule has 8 heteroatoms. The molecule has 2 amide bonds. The Morgan fingerprint density at radius 1 is 1.19 bits per heavy atom. The van der Waals surface area contributed by atoms with Crippen molar-refractivity contribution >= 4 is 12.0 Å². The quantitative estimate of drug-likeness (QED) is 0.819. The van der Waals surface area contributed by atoms with Crippen LogP contribution in [0.4, 0.5) is 18.0 Å². The standard InChI is InChI=1S/C13H21F3N2O3/c1-9-2-4-10(5-3-9)18-11(19)6-7-17-12(20)21-8-13(14,15)16/h9-10H,2-8H2,1H3,(H,17,20)(H,18,19). The highest BCUT2D eigenvalue weighted by molar-refractivity contribution is 5.77. The maximum atomic E-state index is 11.8. The topological polar surface area (TPSA) is 67.4 Å². The Hall–Kier alpha value is -1.47. The van der Waals surface area contributed by atoms with Crippen LogP contribution in [0.15, 0.2) is 0 Å². The van der Waals surface area contributed by atoms with Crippen LogP contribution in [0.25, 0.3) is 0 Å². The number of amides is 2. The summed E-state index contributed by atoms with van der Waals surface area (Å²) in [4.78, 5) is 22.5. The van der Waals surface area contributed by atoms with E-state index in [9.17, 15) is 22.8 Å². The minimum absolute atomic E-state index is 0.0210. The zero-order valence-corrected chi connectivity index (χ0v) is 12.0. The molecule has 0 atom stereocenters. The minimum atomic E-state index is -4.55. The molecule has 0 saturated heterocycles. The third kappa shape index (κ3) is 8.41. The van der Waals surface area contributed by atoms with E-state index in [0.717, 1.165) is 25.7 Å². The number of alkyl halides is 3. The van der Waals surface area contributed by atoms with Crippen LogP contribution in [-0.2, 0) is 9.53 Å². The first-order valence-electron chi connectivity index (χ1n) is 7.03. The molecule has 1 saturated carbocycles. The van der Waals surface area contributed by atoms with Gasteiger partial charge in [-0.25, -0.2) is 4.79 Å². The molecule has 2 N–H and O–H groups in total. The van der Waals surface area contributed by atoms with Gasteiger partial charge in [0.2, 0.25) is 5.91 Å². The lowest BCUT2D eigenvalue weighted by atomic mass is 9.87. The Kier molecular flexibility index (Phi) is 6.77. The second kappa shape index (κ2) is 8.09. The predicted octanol–water partition coefficient (Wildman–Crippen LogP) is 2.36. The van der Waals surface area contributed by atoms with E-state index >= 15 is 0 Å². The first-order valence-corrected chi connectivity index (χ1v) is 7.03. The van der Waals surface area contributed by atoms with E-state index in [1.54, 1.807) is 0 Å². The van der Waals surface area contributed by atoms with E-state index < -0.39 is 18.9 Å². The van der Waals surface area contributed by atoms with Crippen LogP contribution in [0, 0.1) is 5.92 Å². The molecule has 0 aromatic carbocycles. The minimum Gasteiger partial charge on any atom is -0.440 e. The summed E-state index contributed by atoms with van der Waals surface area (Å²) in [5.74, 6) is 0.467. The Labute approximate surface area is 121 Å². The number of carbonyl (C=O) groups excluding carboxylic acids is 2. The van der Waals surface area contributed by atoms with Crippen molar-refractivity contribution < 1.29 is 27.5 Å². The van der Waals surface area contributed by atoms with Crippen LogP contribution in [-0.4, -0.2) is 37.4 Å². The van der Waals surface area contributed by atoms with Crippen molar-refractivity contribution in [1.29, 1.82) is 0 Å². The van der Waals surface area contributed by atoms with Crippen LogP contribution < -0.4 is 10.6 Å². The third-order valence-electron chi connectivity index (χ3n) is 3.37. The molecular weight excluding hydrogens is 289 g/mol. The van der Waals surface area contributed by atoms with Crippen molar-refractivity contribution in [3.8, 4) is 0 Å². The van der Waals surface area contributed by atoms with Crippen molar-refractivity contribution in [2.75, 3.05) is 13.2 Å². The summed E-state index contributed by atoms with van der Waals surface area (Å²) < 4.78 is 39.3. The van der Waals surface area contributed by atoms with Gasteiger partial charge in [0.25, 0.3) is 0 Å². The summed E-state index contributed by atoms with van der Waals surface area (Å²) >= 11 is 0. The van der Waals surface area contributed by atoms with Gasteiger partial charge in [-0.2, -0.15) is 13.2 Å². The average Bonchev–Trinajstić information content (AvgIpc) is 2.38. The number of ether oxygens (including phenoxy) is 1. The summed E-state index contributed by atoms with van der Waals surface area (Å²) in [7, 11) is 0. The number of hydrogen-bond acceptors (Lipinski definition) is 3. The van der Waals surface area contributed by atoms with Gasteiger partial charge < -0.3 is 15.4 Å². The summed E-state index contributed by atoms with van der Waals surface area (Å²) in [5, 5.41) is 4.97. The molecular formula is C13H21F3N2O3. The second-order valence-corrected chi connectivity index (χ2v) is 5.39. The lowest BCUT2D eigenvalue weighted by molar-refractivity contribution is -0.160. The fraction of sp³-hybridized carbons (Fsp3) is 0.846. The molecule has 0 radical (unpaired) electrons. The molecule has 0 heterocycles. The summed E-state index contributed by atoms with van der Waals surface area (Å²) in [5.41, 5.74) is 0. The summed E-state index contributed by atoms with van der Waals surface area (Å²) in [6, 6.07) is 0.158. The molecule has 1 aliphatic rings. The molecule has 1 fully saturated rings. The Morgan fingerprint density at radius 3 is 2.38 bits per heavy atom. The van der Waals surface area contributed by atoms with Gasteiger partial charge in [0, 0.05) is 19.0 Å². The highest BCUT2D eigenvalue weighted by atomic mass is 19.4. The molecule has 0 unspecified atom stereocenters. The highest BCUT2D eigenvalue weighted by Crippen LogP contribution is 2.23. The van der Waals surface area contributed by atoms with Gasteiger partial charge in [0.15, 0.2) is 6.61 Å². The largest absolute Gasteiger partial charge is 0.440 e. The number of nitrogens with one attached hydrogen (secondary N) is 2. The van der Waals surface area contributed by atoms with Gasteiger partial charge in [-0.1, -0.05) is 6.92 Å². The average molecular weight is 310 g/mol. The van der Waals surface area contributed by atoms with Gasteiger partial charge in [0.05, 0.1) is 0 Å². The van der Waals surface area contributed by atoms with Gasteiger partial charge in [0.1, 0.15) is 0 Å². The molecule has 21 heavy (non-hydrogen) atoms. The van der Waals surface area contributed by atoms with Gasteiger partial charge in [-0.15, -0.1) is 0 Å². The molecule has 0 aromatic rings. The molecule has 1 rings (SSSR count). The number of carbonyl (C=O) groups is 2. The molecule has 0 spiro atoms. The third-order valence-corrected chi connectivity index (χ3v) is 3.37. The first-order chi connectivity index (χ1) is 9.76. The lowest BCUT2D eigenvalue weighted by Crippen LogP contribution is -2.39. The van der Waals surface area contributed by atoms with Gasteiger partial charge in [-0.3, -0.25) is 4.79 Å². The lowest BCUT2D eigenvalue weighted by Gasteiger charge is -2.26. The Balaban J connectivity index is 2.09. The van der Waals surface area contributed by atoms with E-state index in [0.29, 0.717) is 5.92 Å². The van der Waals surface area contributed by atoms with E-state index in [4.69, 9.17) is 0 Å². The van der Waals surface area contributed by atoms with Gasteiger partial charge in [-0.05, 0) is 31.6 Å². The number of hydrogen-bond donors (Lipinski definition) is 2. The van der Waals surface area contributed by atoms with Crippen LogP contribution in [0.2, 0.25) is 0 Å². The Bertz CT molecular complexity index is 353. The monoisotopic (exact) mass is 310 g/mol. The highest BCUT2D eigenvalue weighted by Gasteiger charge is 2.29. The van der Waals surface area contributed by atoms with E-state index in [1.807, 2.05) is 0 Å². The SMILES string of the molecule is CC1CCC(NC(=O)CCNC(=O)OCC(F)(F)F)CC1. The van der Waals surface area contributed by atoms with Crippen molar-refractivity contribution in [3.63, 3.8) is 0 Å². The van der Waals surface area contributed by atoms with Crippen LogP contribution in [0.1, 0.15) is 39.0 Å². The van der Waals surface area contributed by atoms with E-state index in [1.165, 1.54) is 0 Å². The zero-order valence-electron chi connectivity index (χ0n) is 12.0. The summed E-state index contributed by atoms with van der Waals surface area (Å²) in [6.07, 6.45) is -1.67. The fourth-order valence-electron chi connectivity index (χ4n) is 2.18. The van der Waals surface area contributed by atoms with Crippen LogP contribution in [0.5, 0.6) is 0 Å². The fourth-order valence-corrected chi connectivity index (χ4v) is 2.18. The molecule has 122 valence electrons. The maximum Gasteiger partial charge on any atom is 0.422 e. The van der Waals surface area contributed by atoms with Crippen molar-refractivity contribution in [3.05, 3.63) is 0 Å². The van der Waals surface area contributed by atoms with Crippen molar-refractivity contribution in [2.24, 2.45) is 5.92 Å². The zero-order chi connectivity index (χ0) is 15.9. The van der Waals surface area contributed by atoms with Crippen LogP contribution in [0.3, 0.4) is 0 Å². The molecule has 5 nitrogen and oxygen atoms in total. The van der Waals surface area contributed by atoms with E-state index in [2.05, 4.69) is 22.3 Å². The maximum absolute atomic E-state index is 11.8. The number of halogens is 3. The first kappa shape index (κ1) is 17.6. The smallest absolute Gasteiger partial charge is 0.422 e. The molecule has 0 aromatic heterocycles. The van der Waals surface area contributed by atoms with Crippen LogP contribution >= 0.6 is 0 Å². The molecule has 0 aliphatic heterocycles. The molecule has 1 aliphatic carbocycles. The molecule has 0 bridgehead atoms. The Morgan fingerprint density at radius 2 is 1.81 bits per heavy atom. The number of rotatable bonds is 5. The second-order valence-electron chi connectivity index (χ2n) is 5.39. The normalized spacial score (nSPS) is 22.5. The summed E-state index contributed by atoms with van der Waals surface area (Å²) in [6.45, 7) is 0.492. The van der Waals surface area contributed by atoms with E-state index in [-0.39, 0.29) is 24.9 Å². The predicted molar refractivity (Wildman–Crippen MR) is 69.6 cm³/mol. The van der Waals surface area contributed by atoms with Gasteiger partial charge >= 0.3 is 12.3 Å². The van der Waals surface area contributed by atoms with Crippen molar-refractivity contribution in [2.45, 2.75) is 51.2 Å². The van der Waals surface area contributed by atoms with Crippen molar-refractivity contribution in [1.82, 2.24) is 10.6 Å². The number of alkyl carbamates (subject to hydrolysis) is 1.